The molecule has 2 amide bonds. The molecule has 2 aromatic carbocycles. The predicted octanol–water partition coefficient (Wildman–Crippen LogP) is 3.88. The molecule has 7 heteroatoms. The number of carbonyl (C=O) groups excluding carboxylic acids is 2. The Labute approximate surface area is 177 Å². The topological polar surface area (TPSA) is 53.5 Å². The van der Waals surface area contributed by atoms with E-state index in [2.05, 4.69) is 4.98 Å². The molecule has 2 aliphatic rings. The molecule has 3 heterocycles. The molecule has 1 saturated heterocycles. The Bertz CT molecular complexity index is 1170. The number of rotatable bonds is 2. The fraction of sp³-hybridized carbons (Fsp3) is 0.174. The van der Waals surface area contributed by atoms with Crippen LogP contribution in [0, 0.1) is 5.82 Å². The zero-order valence-corrected chi connectivity index (χ0v) is 16.6. The largest absolute Gasteiger partial charge is 0.309 e. The standard InChI is InChI=1S/C23H17ClFN3O2/c24-17-7-5-16(6-8-17)23-13-15-3-1-2-4-18(15)21(29)27(23)11-12-28(23)22(30)19-9-10-26-14-20(19)25/h1-10,14H,11-13H2. The Kier molecular flexibility index (Phi) is 4.33. The average Bonchev–Trinajstić information content (AvgIpc) is 3.15. The van der Waals surface area contributed by atoms with Gasteiger partial charge in [-0.25, -0.2) is 4.39 Å². The normalized spacial score (nSPS) is 20.1. The Morgan fingerprint density at radius 3 is 2.60 bits per heavy atom. The molecule has 5 nitrogen and oxygen atoms in total. The number of benzene rings is 2. The van der Waals surface area contributed by atoms with Gasteiger partial charge in [0.05, 0.1) is 11.8 Å². The van der Waals surface area contributed by atoms with Gasteiger partial charge in [-0.3, -0.25) is 14.6 Å². The maximum Gasteiger partial charge on any atom is 0.259 e. The van der Waals surface area contributed by atoms with Gasteiger partial charge in [0.15, 0.2) is 5.82 Å². The number of carbonyl (C=O) groups is 2. The van der Waals surface area contributed by atoms with Crippen molar-refractivity contribution in [2.24, 2.45) is 0 Å². The number of pyridine rings is 1. The summed E-state index contributed by atoms with van der Waals surface area (Å²) in [5.74, 6) is -1.30. The second kappa shape index (κ2) is 6.92. The minimum absolute atomic E-state index is 0.0634. The fourth-order valence-corrected chi connectivity index (χ4v) is 4.69. The van der Waals surface area contributed by atoms with Crippen LogP contribution in [0.5, 0.6) is 0 Å². The van der Waals surface area contributed by atoms with Gasteiger partial charge in [0, 0.05) is 36.3 Å². The number of fused-ring (bicyclic) bond motifs is 2. The molecule has 5 rings (SSSR count). The number of hydrogen-bond acceptors (Lipinski definition) is 3. The first-order valence-corrected chi connectivity index (χ1v) is 9.97. The molecular formula is C23H17ClFN3O2. The quantitative estimate of drug-likeness (QED) is 0.631. The molecule has 1 atom stereocenters. The smallest absolute Gasteiger partial charge is 0.259 e. The van der Waals surface area contributed by atoms with Crippen LogP contribution >= 0.6 is 11.6 Å². The fourth-order valence-electron chi connectivity index (χ4n) is 4.56. The third-order valence-corrected chi connectivity index (χ3v) is 6.18. The van der Waals surface area contributed by atoms with Crippen molar-refractivity contribution >= 4 is 23.4 Å². The molecule has 1 unspecified atom stereocenters. The molecular weight excluding hydrogens is 405 g/mol. The highest BCUT2D eigenvalue weighted by atomic mass is 35.5. The minimum Gasteiger partial charge on any atom is -0.309 e. The average molecular weight is 422 g/mol. The first kappa shape index (κ1) is 18.8. The lowest BCUT2D eigenvalue weighted by atomic mass is 9.83. The van der Waals surface area contributed by atoms with Crippen LogP contribution in [-0.4, -0.2) is 39.7 Å². The van der Waals surface area contributed by atoms with E-state index in [0.29, 0.717) is 30.1 Å². The van der Waals surface area contributed by atoms with Crippen LogP contribution in [0.4, 0.5) is 4.39 Å². The van der Waals surface area contributed by atoms with Gasteiger partial charge in [-0.1, -0.05) is 41.9 Å². The molecule has 1 aromatic heterocycles. The van der Waals surface area contributed by atoms with E-state index >= 15 is 0 Å². The Morgan fingerprint density at radius 2 is 1.83 bits per heavy atom. The Morgan fingerprint density at radius 1 is 1.07 bits per heavy atom. The third-order valence-electron chi connectivity index (χ3n) is 5.92. The molecule has 0 N–H and O–H groups in total. The summed E-state index contributed by atoms with van der Waals surface area (Å²) in [5, 5.41) is 0.556. The maximum absolute atomic E-state index is 14.4. The van der Waals surface area contributed by atoms with Gasteiger partial charge in [0.2, 0.25) is 0 Å². The molecule has 3 aromatic rings. The van der Waals surface area contributed by atoms with E-state index in [1.54, 1.807) is 28.0 Å². The van der Waals surface area contributed by atoms with Gasteiger partial charge in [-0.05, 0) is 35.4 Å². The summed E-state index contributed by atoms with van der Waals surface area (Å²) >= 11 is 6.10. The summed E-state index contributed by atoms with van der Waals surface area (Å²) in [6.07, 6.45) is 2.83. The van der Waals surface area contributed by atoms with Crippen molar-refractivity contribution in [3.8, 4) is 0 Å². The monoisotopic (exact) mass is 421 g/mol. The van der Waals surface area contributed by atoms with Crippen LogP contribution < -0.4 is 0 Å². The second-order valence-electron chi connectivity index (χ2n) is 7.43. The van der Waals surface area contributed by atoms with E-state index < -0.39 is 17.4 Å². The summed E-state index contributed by atoms with van der Waals surface area (Å²) in [6.45, 7) is 0.650. The van der Waals surface area contributed by atoms with Gasteiger partial charge in [0.25, 0.3) is 11.8 Å². The number of halogens is 2. The van der Waals surface area contributed by atoms with Crippen LogP contribution in [0.2, 0.25) is 5.02 Å². The van der Waals surface area contributed by atoms with Crippen molar-refractivity contribution in [1.29, 1.82) is 0 Å². The van der Waals surface area contributed by atoms with Crippen LogP contribution in [0.15, 0.2) is 67.0 Å². The van der Waals surface area contributed by atoms with E-state index in [-0.39, 0.29) is 11.5 Å². The molecule has 0 spiro atoms. The number of hydrogen-bond donors (Lipinski definition) is 0. The van der Waals surface area contributed by atoms with E-state index in [1.807, 2.05) is 30.3 Å². The number of amides is 2. The van der Waals surface area contributed by atoms with Gasteiger partial charge in [-0.15, -0.1) is 0 Å². The van der Waals surface area contributed by atoms with E-state index in [0.717, 1.165) is 17.3 Å². The maximum atomic E-state index is 14.4. The SMILES string of the molecule is O=C(c1ccncc1F)N1CCN2C(=O)c3ccccc3CC12c1ccc(Cl)cc1. The molecule has 0 aliphatic carbocycles. The number of nitrogens with zero attached hydrogens (tertiary/aromatic N) is 3. The van der Waals surface area contributed by atoms with Crippen molar-refractivity contribution in [3.05, 3.63) is 100 Å². The predicted molar refractivity (Wildman–Crippen MR) is 110 cm³/mol. The molecule has 150 valence electrons. The lowest BCUT2D eigenvalue weighted by Crippen LogP contribution is -2.58. The molecule has 0 radical (unpaired) electrons. The summed E-state index contributed by atoms with van der Waals surface area (Å²) in [7, 11) is 0. The van der Waals surface area contributed by atoms with Crippen molar-refractivity contribution < 1.29 is 14.0 Å². The second-order valence-corrected chi connectivity index (χ2v) is 7.86. The lowest BCUT2D eigenvalue weighted by molar-refractivity contribution is 0.00752. The summed E-state index contributed by atoms with van der Waals surface area (Å²) in [5.41, 5.74) is 1.12. The summed E-state index contributed by atoms with van der Waals surface area (Å²) in [6, 6.07) is 15.9. The highest BCUT2D eigenvalue weighted by molar-refractivity contribution is 6.30. The van der Waals surface area contributed by atoms with Crippen molar-refractivity contribution in [2.75, 3.05) is 13.1 Å². The molecule has 1 fully saturated rings. The molecule has 30 heavy (non-hydrogen) atoms. The van der Waals surface area contributed by atoms with Crippen LogP contribution in [0.3, 0.4) is 0 Å². The lowest BCUT2D eigenvalue weighted by Gasteiger charge is -2.47. The van der Waals surface area contributed by atoms with Crippen LogP contribution in [0.25, 0.3) is 0 Å². The highest BCUT2D eigenvalue weighted by Crippen LogP contribution is 2.45. The summed E-state index contributed by atoms with van der Waals surface area (Å²) < 4.78 is 14.4. The minimum atomic E-state index is -1.05. The summed E-state index contributed by atoms with van der Waals surface area (Å²) in [4.78, 5) is 33.9. The van der Waals surface area contributed by atoms with Gasteiger partial charge in [-0.2, -0.15) is 0 Å². The van der Waals surface area contributed by atoms with Gasteiger partial charge >= 0.3 is 0 Å². The van der Waals surface area contributed by atoms with E-state index in [1.165, 1.54) is 12.3 Å². The Balaban J connectivity index is 1.71. The van der Waals surface area contributed by atoms with Crippen LogP contribution in [-0.2, 0) is 12.1 Å². The zero-order chi connectivity index (χ0) is 20.9. The van der Waals surface area contributed by atoms with Crippen molar-refractivity contribution in [1.82, 2.24) is 14.8 Å². The van der Waals surface area contributed by atoms with Gasteiger partial charge < -0.3 is 9.80 Å². The Hall–Kier alpha value is -3.25. The first-order chi connectivity index (χ1) is 14.5. The zero-order valence-electron chi connectivity index (χ0n) is 15.9. The number of aromatic nitrogens is 1. The molecule has 2 aliphatic heterocycles. The molecule has 0 saturated carbocycles. The third kappa shape index (κ3) is 2.64. The molecule has 0 bridgehead atoms. The van der Waals surface area contributed by atoms with E-state index in [9.17, 15) is 14.0 Å². The van der Waals surface area contributed by atoms with E-state index in [4.69, 9.17) is 11.6 Å². The van der Waals surface area contributed by atoms with Gasteiger partial charge in [0.1, 0.15) is 5.66 Å². The van der Waals surface area contributed by atoms with Crippen LogP contribution in [0.1, 0.15) is 31.8 Å². The van der Waals surface area contributed by atoms with Crippen molar-refractivity contribution in [2.45, 2.75) is 12.1 Å². The highest BCUT2D eigenvalue weighted by Gasteiger charge is 2.55. The van der Waals surface area contributed by atoms with Crippen molar-refractivity contribution in [3.63, 3.8) is 0 Å². The first-order valence-electron chi connectivity index (χ1n) is 9.60.